The zero-order valence-corrected chi connectivity index (χ0v) is 23.5. The lowest BCUT2D eigenvalue weighted by Gasteiger charge is -2.19. The van der Waals surface area contributed by atoms with Gasteiger partial charge in [0, 0.05) is 28.6 Å². The Bertz CT molecular complexity index is 1520. The van der Waals surface area contributed by atoms with Gasteiger partial charge in [0.25, 0.3) is 10.0 Å². The van der Waals surface area contributed by atoms with Crippen LogP contribution in [0.15, 0.2) is 53.4 Å². The molecule has 202 valence electrons. The van der Waals surface area contributed by atoms with E-state index in [0.29, 0.717) is 0 Å². The molecular weight excluding hydrogens is 580 g/mol. The molecule has 0 amide bonds. The minimum absolute atomic E-state index is 0.0988. The highest BCUT2D eigenvalue weighted by Crippen LogP contribution is 2.38. The van der Waals surface area contributed by atoms with Crippen molar-refractivity contribution in [3.8, 4) is 11.5 Å². The molecule has 0 aliphatic carbocycles. The number of ketones is 1. The minimum Gasteiger partial charge on any atom is -0.481 e. The Morgan fingerprint density at radius 2 is 1.66 bits per heavy atom. The number of carbonyl (C=O) groups excluding carboxylic acids is 1. The highest BCUT2D eigenvalue weighted by molar-refractivity contribution is 7.92. The van der Waals surface area contributed by atoms with Crippen LogP contribution in [0.3, 0.4) is 0 Å². The highest BCUT2D eigenvalue weighted by atomic mass is 35.5. The van der Waals surface area contributed by atoms with Crippen molar-refractivity contribution in [2.45, 2.75) is 38.5 Å². The first-order valence-corrected chi connectivity index (χ1v) is 13.7. The number of hydrogen-bond donors (Lipinski definition) is 2. The van der Waals surface area contributed by atoms with Gasteiger partial charge < -0.3 is 9.84 Å². The maximum absolute atomic E-state index is 14.5. The Balaban J connectivity index is 2.07. The molecule has 0 fully saturated rings. The van der Waals surface area contributed by atoms with Gasteiger partial charge >= 0.3 is 5.97 Å². The molecule has 0 saturated heterocycles. The van der Waals surface area contributed by atoms with Crippen LogP contribution in [0.1, 0.15) is 43.1 Å². The lowest BCUT2D eigenvalue weighted by molar-refractivity contribution is -0.136. The van der Waals surface area contributed by atoms with Gasteiger partial charge in [-0.25, -0.2) is 12.8 Å². The predicted octanol–water partition coefficient (Wildman–Crippen LogP) is 7.63. The molecule has 3 aromatic rings. The molecular formula is C26H23Cl3FNO6S. The van der Waals surface area contributed by atoms with E-state index in [1.54, 1.807) is 0 Å². The van der Waals surface area contributed by atoms with E-state index < -0.39 is 28.2 Å². The van der Waals surface area contributed by atoms with E-state index in [4.69, 9.17) is 44.6 Å². The fourth-order valence-electron chi connectivity index (χ4n) is 3.41. The van der Waals surface area contributed by atoms with Crippen molar-refractivity contribution < 1.29 is 32.2 Å². The number of halogens is 4. The number of benzene rings is 3. The molecule has 0 saturated carbocycles. The maximum atomic E-state index is 14.5. The fraction of sp³-hybridized carbons (Fsp3) is 0.231. The molecule has 2 N–H and O–H groups in total. The summed E-state index contributed by atoms with van der Waals surface area (Å²) in [6.07, 6.45) is -0.409. The zero-order valence-electron chi connectivity index (χ0n) is 20.4. The summed E-state index contributed by atoms with van der Waals surface area (Å²) in [6, 6.07) is 9.93. The van der Waals surface area contributed by atoms with E-state index in [1.165, 1.54) is 36.4 Å². The lowest BCUT2D eigenvalue weighted by atomic mass is 9.88. The van der Waals surface area contributed by atoms with Crippen LogP contribution < -0.4 is 9.46 Å². The number of carboxylic acid groups (broad SMARTS) is 1. The van der Waals surface area contributed by atoms with Crippen molar-refractivity contribution >= 4 is 62.3 Å². The number of carboxylic acids is 1. The van der Waals surface area contributed by atoms with Gasteiger partial charge in [0.2, 0.25) is 0 Å². The minimum atomic E-state index is -4.30. The number of rotatable bonds is 9. The lowest BCUT2D eigenvalue weighted by Crippen LogP contribution is -2.16. The average molecular weight is 603 g/mol. The van der Waals surface area contributed by atoms with E-state index in [-0.39, 0.29) is 65.9 Å². The Hall–Kier alpha value is -2.85. The van der Waals surface area contributed by atoms with Crippen molar-refractivity contribution in [2.75, 3.05) is 4.72 Å². The van der Waals surface area contributed by atoms with Gasteiger partial charge in [-0.2, -0.15) is 0 Å². The summed E-state index contributed by atoms with van der Waals surface area (Å²) in [6.45, 7) is 5.66. The van der Waals surface area contributed by atoms with Crippen LogP contribution >= 0.6 is 34.8 Å². The third-order valence-electron chi connectivity index (χ3n) is 5.08. The number of carbonyl (C=O) groups is 2. The Labute approximate surface area is 234 Å². The molecule has 12 heteroatoms. The molecule has 0 aliphatic rings. The quantitative estimate of drug-likeness (QED) is 0.244. The van der Waals surface area contributed by atoms with E-state index in [2.05, 4.69) is 4.72 Å². The normalized spacial score (nSPS) is 11.8. The molecule has 7 nitrogen and oxygen atoms in total. The largest absolute Gasteiger partial charge is 0.481 e. The summed E-state index contributed by atoms with van der Waals surface area (Å²) in [5.74, 6) is -2.66. The molecule has 0 bridgehead atoms. The molecule has 3 aromatic carbocycles. The van der Waals surface area contributed by atoms with Crippen LogP contribution in [0.4, 0.5) is 10.1 Å². The van der Waals surface area contributed by atoms with Gasteiger partial charge in [-0.3, -0.25) is 14.3 Å². The van der Waals surface area contributed by atoms with Gasteiger partial charge in [-0.05, 0) is 47.9 Å². The first-order chi connectivity index (χ1) is 17.6. The van der Waals surface area contributed by atoms with Crippen LogP contribution in [0.2, 0.25) is 15.1 Å². The standard InChI is InChI=1S/C26H23Cl3FNO6S/c1-26(2,3)13-21(32)14-4-6-22(37-23-12-19(30)15(8-17(23)28)10-25(33)34)20(9-14)31-38(35,36)24-7-5-16(27)11-18(24)29/h4-9,11-12,31H,10,13H2,1-3H3,(H,33,34). The van der Waals surface area contributed by atoms with Gasteiger partial charge in [0.05, 0.1) is 22.2 Å². The Morgan fingerprint density at radius 1 is 0.974 bits per heavy atom. The van der Waals surface area contributed by atoms with Gasteiger partial charge in [0.1, 0.15) is 16.5 Å². The summed E-state index contributed by atoms with van der Waals surface area (Å²) >= 11 is 18.2. The van der Waals surface area contributed by atoms with Crippen LogP contribution in [0.5, 0.6) is 11.5 Å². The number of nitrogens with one attached hydrogen (secondary N) is 1. The van der Waals surface area contributed by atoms with E-state index in [9.17, 15) is 22.4 Å². The summed E-state index contributed by atoms with van der Waals surface area (Å²) < 4.78 is 49.0. The first-order valence-electron chi connectivity index (χ1n) is 11.1. The molecule has 0 heterocycles. The highest BCUT2D eigenvalue weighted by Gasteiger charge is 2.24. The summed E-state index contributed by atoms with van der Waals surface area (Å²) in [5, 5.41) is 8.94. The number of aliphatic carboxylic acids is 1. The first kappa shape index (κ1) is 29.7. The molecule has 0 unspecified atom stereocenters. The van der Waals surface area contributed by atoms with Crippen molar-refractivity contribution in [3.63, 3.8) is 0 Å². The summed E-state index contributed by atoms with van der Waals surface area (Å²) in [7, 11) is -4.30. The number of ether oxygens (including phenoxy) is 1. The molecule has 3 rings (SSSR count). The Kier molecular flexibility index (Phi) is 8.98. The second-order valence-corrected chi connectivity index (χ2v) is 12.5. The van der Waals surface area contributed by atoms with Crippen LogP contribution in [-0.4, -0.2) is 25.3 Å². The van der Waals surface area contributed by atoms with Gasteiger partial charge in [-0.15, -0.1) is 0 Å². The maximum Gasteiger partial charge on any atom is 0.307 e. The fourth-order valence-corrected chi connectivity index (χ4v) is 5.47. The van der Waals surface area contributed by atoms with E-state index in [1.807, 2.05) is 20.8 Å². The van der Waals surface area contributed by atoms with Crippen molar-refractivity contribution in [3.05, 3.63) is 80.5 Å². The average Bonchev–Trinajstić information content (AvgIpc) is 2.76. The van der Waals surface area contributed by atoms with Crippen LogP contribution in [0, 0.1) is 11.2 Å². The molecule has 0 atom stereocenters. The Morgan fingerprint density at radius 3 is 2.26 bits per heavy atom. The third-order valence-corrected chi connectivity index (χ3v) is 7.46. The van der Waals surface area contributed by atoms with Gasteiger partial charge in [0.15, 0.2) is 11.5 Å². The smallest absolute Gasteiger partial charge is 0.307 e. The van der Waals surface area contributed by atoms with E-state index in [0.717, 1.165) is 12.1 Å². The van der Waals surface area contributed by atoms with E-state index >= 15 is 0 Å². The number of sulfonamides is 1. The van der Waals surface area contributed by atoms with Crippen molar-refractivity contribution in [1.29, 1.82) is 0 Å². The van der Waals surface area contributed by atoms with Crippen LogP contribution in [0.25, 0.3) is 0 Å². The number of anilines is 1. The molecule has 0 aliphatic heterocycles. The molecule has 0 spiro atoms. The summed E-state index contributed by atoms with van der Waals surface area (Å²) in [5.41, 5.74) is -0.412. The van der Waals surface area contributed by atoms with Crippen molar-refractivity contribution in [1.82, 2.24) is 0 Å². The second kappa shape index (κ2) is 11.5. The monoisotopic (exact) mass is 601 g/mol. The molecule has 0 radical (unpaired) electrons. The SMILES string of the molecule is CC(C)(C)CC(=O)c1ccc(Oc2cc(F)c(CC(=O)O)cc2Cl)c(NS(=O)(=O)c2ccc(Cl)cc2Cl)c1. The zero-order chi connectivity index (χ0) is 28.4. The summed E-state index contributed by atoms with van der Waals surface area (Å²) in [4.78, 5) is 23.6. The number of hydrogen-bond acceptors (Lipinski definition) is 5. The third kappa shape index (κ3) is 7.60. The van der Waals surface area contributed by atoms with Gasteiger partial charge in [-0.1, -0.05) is 55.6 Å². The number of Topliss-reactive ketones (excluding diaryl/α,β-unsaturated/α-hetero) is 1. The molecule has 0 aromatic heterocycles. The van der Waals surface area contributed by atoms with Crippen LogP contribution in [-0.2, 0) is 21.2 Å². The molecule has 38 heavy (non-hydrogen) atoms. The second-order valence-electron chi connectivity index (χ2n) is 9.60. The topological polar surface area (TPSA) is 110 Å². The predicted molar refractivity (Wildman–Crippen MR) is 145 cm³/mol. The van der Waals surface area contributed by atoms with Crippen molar-refractivity contribution in [2.24, 2.45) is 5.41 Å².